The fourth-order valence-electron chi connectivity index (χ4n) is 1.78. The van der Waals surface area contributed by atoms with E-state index in [1.54, 1.807) is 0 Å². The molecule has 1 N–H and O–H groups in total. The standard InChI is InChI=1S/C14H10ClF3O/c15-10-5-4-8(6-12(10)17)7-13(19)9-2-1-3-11(16)14(9)18/h1-6,13,19H,7H2. The first-order valence-corrected chi connectivity index (χ1v) is 5.92. The van der Waals surface area contributed by atoms with E-state index in [0.29, 0.717) is 5.56 Å². The number of aliphatic hydroxyl groups excluding tert-OH is 1. The minimum absolute atomic E-state index is 0.0322. The topological polar surface area (TPSA) is 20.2 Å². The zero-order chi connectivity index (χ0) is 14.0. The molecule has 1 atom stereocenters. The van der Waals surface area contributed by atoms with E-state index >= 15 is 0 Å². The second-order valence-corrected chi connectivity index (χ2v) is 4.52. The van der Waals surface area contributed by atoms with E-state index in [-0.39, 0.29) is 17.0 Å². The summed E-state index contributed by atoms with van der Waals surface area (Å²) in [6.07, 6.45) is -1.29. The molecular formula is C14H10ClF3O. The van der Waals surface area contributed by atoms with Crippen LogP contribution in [-0.4, -0.2) is 5.11 Å². The molecule has 0 fully saturated rings. The van der Waals surface area contributed by atoms with Crippen molar-refractivity contribution in [3.05, 3.63) is 70.0 Å². The lowest BCUT2D eigenvalue weighted by molar-refractivity contribution is 0.172. The molecule has 0 aliphatic rings. The summed E-state index contributed by atoms with van der Waals surface area (Å²) in [6.45, 7) is 0. The van der Waals surface area contributed by atoms with E-state index in [4.69, 9.17) is 11.6 Å². The highest BCUT2D eigenvalue weighted by atomic mass is 35.5. The Morgan fingerprint density at radius 3 is 2.47 bits per heavy atom. The molecule has 0 bridgehead atoms. The van der Waals surface area contributed by atoms with Gasteiger partial charge in [0.25, 0.3) is 0 Å². The zero-order valence-corrected chi connectivity index (χ0v) is 10.5. The summed E-state index contributed by atoms with van der Waals surface area (Å²) in [6, 6.07) is 7.58. The number of rotatable bonds is 3. The predicted octanol–water partition coefficient (Wildman–Crippen LogP) is 4.03. The van der Waals surface area contributed by atoms with Crippen LogP contribution in [0.1, 0.15) is 17.2 Å². The van der Waals surface area contributed by atoms with Gasteiger partial charge in [0.1, 0.15) is 5.82 Å². The minimum atomic E-state index is -1.25. The Balaban J connectivity index is 2.23. The van der Waals surface area contributed by atoms with Crippen molar-refractivity contribution >= 4 is 11.6 Å². The van der Waals surface area contributed by atoms with Crippen LogP contribution in [0.15, 0.2) is 36.4 Å². The van der Waals surface area contributed by atoms with E-state index < -0.39 is 23.6 Å². The monoisotopic (exact) mass is 286 g/mol. The van der Waals surface area contributed by atoms with Gasteiger partial charge >= 0.3 is 0 Å². The summed E-state index contributed by atoms with van der Waals surface area (Å²) in [4.78, 5) is 0. The van der Waals surface area contributed by atoms with E-state index in [9.17, 15) is 18.3 Å². The largest absolute Gasteiger partial charge is 0.388 e. The highest BCUT2D eigenvalue weighted by molar-refractivity contribution is 6.30. The molecule has 19 heavy (non-hydrogen) atoms. The summed E-state index contributed by atoms with van der Waals surface area (Å²) in [5.41, 5.74) is 0.286. The molecule has 100 valence electrons. The lowest BCUT2D eigenvalue weighted by Crippen LogP contribution is -2.06. The maximum atomic E-state index is 13.5. The highest BCUT2D eigenvalue weighted by Gasteiger charge is 2.16. The normalized spacial score (nSPS) is 12.5. The highest BCUT2D eigenvalue weighted by Crippen LogP contribution is 2.24. The molecule has 0 saturated carbocycles. The summed E-state index contributed by atoms with van der Waals surface area (Å²) in [5, 5.41) is 9.85. The molecule has 0 saturated heterocycles. The number of halogens is 4. The lowest BCUT2D eigenvalue weighted by Gasteiger charge is -2.12. The van der Waals surface area contributed by atoms with Gasteiger partial charge in [0.2, 0.25) is 0 Å². The molecule has 0 aliphatic heterocycles. The third-order valence-corrected chi connectivity index (χ3v) is 3.06. The second-order valence-electron chi connectivity index (χ2n) is 4.11. The quantitative estimate of drug-likeness (QED) is 0.903. The maximum Gasteiger partial charge on any atom is 0.164 e. The van der Waals surface area contributed by atoms with E-state index in [2.05, 4.69) is 0 Å². The van der Waals surface area contributed by atoms with Crippen LogP contribution in [0.5, 0.6) is 0 Å². The Labute approximate surface area is 113 Å². The maximum absolute atomic E-state index is 13.5. The van der Waals surface area contributed by atoms with Crippen LogP contribution in [0.3, 0.4) is 0 Å². The average Bonchev–Trinajstić information content (AvgIpc) is 2.37. The molecule has 0 radical (unpaired) electrons. The first kappa shape index (κ1) is 13.9. The number of hydrogen-bond donors (Lipinski definition) is 1. The van der Waals surface area contributed by atoms with E-state index in [0.717, 1.165) is 12.1 Å². The van der Waals surface area contributed by atoms with Gasteiger partial charge in [-0.2, -0.15) is 0 Å². The summed E-state index contributed by atoms with van der Waals surface area (Å²) < 4.78 is 39.7. The molecular weight excluding hydrogens is 277 g/mol. The van der Waals surface area contributed by atoms with Crippen molar-refractivity contribution in [2.75, 3.05) is 0 Å². The van der Waals surface area contributed by atoms with Gasteiger partial charge in [-0.15, -0.1) is 0 Å². The Bertz CT molecular complexity index is 601. The second kappa shape index (κ2) is 5.63. The summed E-state index contributed by atoms with van der Waals surface area (Å²) >= 11 is 5.53. The van der Waals surface area contributed by atoms with Crippen molar-refractivity contribution in [1.29, 1.82) is 0 Å². The third kappa shape index (κ3) is 3.08. The van der Waals surface area contributed by atoms with Crippen molar-refractivity contribution in [3.8, 4) is 0 Å². The third-order valence-electron chi connectivity index (χ3n) is 2.75. The minimum Gasteiger partial charge on any atom is -0.388 e. The molecule has 2 aromatic rings. The van der Waals surface area contributed by atoms with Gasteiger partial charge in [-0.1, -0.05) is 29.8 Å². The first-order valence-electron chi connectivity index (χ1n) is 5.55. The molecule has 1 nitrogen and oxygen atoms in total. The fourth-order valence-corrected chi connectivity index (χ4v) is 1.90. The van der Waals surface area contributed by atoms with Gasteiger partial charge in [0, 0.05) is 12.0 Å². The van der Waals surface area contributed by atoms with Gasteiger partial charge in [-0.25, -0.2) is 13.2 Å². The molecule has 0 aliphatic carbocycles. The van der Waals surface area contributed by atoms with Gasteiger partial charge < -0.3 is 5.11 Å². The van der Waals surface area contributed by atoms with Crippen LogP contribution in [0, 0.1) is 17.5 Å². The fraction of sp³-hybridized carbons (Fsp3) is 0.143. The molecule has 0 spiro atoms. The number of benzene rings is 2. The SMILES string of the molecule is OC(Cc1ccc(Cl)c(F)c1)c1cccc(F)c1F. The number of aliphatic hydroxyl groups is 1. The van der Waals surface area contributed by atoms with Crippen LogP contribution < -0.4 is 0 Å². The van der Waals surface area contributed by atoms with Crippen LogP contribution >= 0.6 is 11.6 Å². The van der Waals surface area contributed by atoms with Crippen molar-refractivity contribution in [2.45, 2.75) is 12.5 Å². The van der Waals surface area contributed by atoms with Gasteiger partial charge in [0.05, 0.1) is 11.1 Å². The average molecular weight is 287 g/mol. The lowest BCUT2D eigenvalue weighted by atomic mass is 10.0. The molecule has 0 amide bonds. The van der Waals surface area contributed by atoms with Crippen LogP contribution in [0.2, 0.25) is 5.02 Å². The summed E-state index contributed by atoms with van der Waals surface area (Å²) in [5.74, 6) is -2.74. The molecule has 1 unspecified atom stereocenters. The van der Waals surface area contributed by atoms with Crippen molar-refractivity contribution in [3.63, 3.8) is 0 Å². The van der Waals surface area contributed by atoms with Crippen molar-refractivity contribution < 1.29 is 18.3 Å². The Morgan fingerprint density at radius 2 is 1.79 bits per heavy atom. The van der Waals surface area contributed by atoms with Crippen molar-refractivity contribution in [2.24, 2.45) is 0 Å². The molecule has 5 heteroatoms. The van der Waals surface area contributed by atoms with E-state index in [1.165, 1.54) is 24.3 Å². The van der Waals surface area contributed by atoms with Crippen LogP contribution in [0.25, 0.3) is 0 Å². The molecule has 0 heterocycles. The van der Waals surface area contributed by atoms with Crippen LogP contribution in [0.4, 0.5) is 13.2 Å². The summed E-state index contributed by atoms with van der Waals surface area (Å²) in [7, 11) is 0. The molecule has 0 aromatic heterocycles. The van der Waals surface area contributed by atoms with Crippen molar-refractivity contribution in [1.82, 2.24) is 0 Å². The zero-order valence-electron chi connectivity index (χ0n) is 9.71. The van der Waals surface area contributed by atoms with Gasteiger partial charge in [0.15, 0.2) is 11.6 Å². The Hall–Kier alpha value is -1.52. The molecule has 2 rings (SSSR count). The van der Waals surface area contributed by atoms with Gasteiger partial charge in [-0.3, -0.25) is 0 Å². The molecule has 2 aromatic carbocycles. The predicted molar refractivity (Wildman–Crippen MR) is 66.4 cm³/mol. The Kier molecular flexibility index (Phi) is 4.12. The van der Waals surface area contributed by atoms with Gasteiger partial charge in [-0.05, 0) is 23.8 Å². The number of hydrogen-bond acceptors (Lipinski definition) is 1. The Morgan fingerprint density at radius 1 is 1.05 bits per heavy atom. The first-order chi connectivity index (χ1) is 8.99. The van der Waals surface area contributed by atoms with Crippen LogP contribution in [-0.2, 0) is 6.42 Å². The smallest absolute Gasteiger partial charge is 0.164 e. The van der Waals surface area contributed by atoms with E-state index in [1.807, 2.05) is 0 Å².